The Hall–Kier alpha value is -2.26. The second-order valence-electron chi connectivity index (χ2n) is 4.72. The van der Waals surface area contributed by atoms with Gasteiger partial charge in [-0.25, -0.2) is 0 Å². The van der Waals surface area contributed by atoms with E-state index in [-0.39, 0.29) is 0 Å². The van der Waals surface area contributed by atoms with E-state index >= 15 is 0 Å². The van der Waals surface area contributed by atoms with Gasteiger partial charge in [0.2, 0.25) is 0 Å². The Kier molecular flexibility index (Phi) is 3.44. The molecule has 0 spiro atoms. The van der Waals surface area contributed by atoms with E-state index in [1.165, 1.54) is 0 Å². The molecule has 3 rings (SSSR count). The van der Waals surface area contributed by atoms with Crippen LogP contribution < -0.4 is 4.74 Å². The van der Waals surface area contributed by atoms with Crippen molar-refractivity contribution in [2.45, 2.75) is 12.5 Å². The first kappa shape index (κ1) is 12.8. The second-order valence-corrected chi connectivity index (χ2v) is 4.72. The monoisotopic (exact) mass is 268 g/mol. The van der Waals surface area contributed by atoms with Crippen molar-refractivity contribution in [2.75, 3.05) is 7.11 Å². The van der Waals surface area contributed by atoms with E-state index < -0.39 is 6.10 Å². The maximum atomic E-state index is 10.3. The van der Waals surface area contributed by atoms with Gasteiger partial charge in [-0.15, -0.1) is 0 Å². The van der Waals surface area contributed by atoms with Crippen LogP contribution in [0.15, 0.2) is 59.0 Å². The van der Waals surface area contributed by atoms with Gasteiger partial charge in [0.25, 0.3) is 0 Å². The van der Waals surface area contributed by atoms with E-state index in [0.717, 1.165) is 22.3 Å². The minimum absolute atomic E-state index is 0.462. The molecule has 0 saturated heterocycles. The third-order valence-corrected chi connectivity index (χ3v) is 3.38. The van der Waals surface area contributed by atoms with Crippen LogP contribution >= 0.6 is 0 Å². The molecule has 1 unspecified atom stereocenters. The number of aliphatic hydroxyl groups excluding tert-OH is 1. The van der Waals surface area contributed by atoms with Crippen molar-refractivity contribution in [1.29, 1.82) is 0 Å². The molecule has 0 amide bonds. The zero-order valence-corrected chi connectivity index (χ0v) is 11.2. The van der Waals surface area contributed by atoms with Crippen LogP contribution in [-0.4, -0.2) is 12.2 Å². The van der Waals surface area contributed by atoms with E-state index in [1.807, 2.05) is 54.6 Å². The molecule has 0 aliphatic carbocycles. The normalized spacial score (nSPS) is 12.5. The Bertz CT molecular complexity index is 682. The predicted octanol–water partition coefficient (Wildman–Crippen LogP) is 3.72. The first-order valence-electron chi connectivity index (χ1n) is 6.56. The van der Waals surface area contributed by atoms with Crippen molar-refractivity contribution in [3.63, 3.8) is 0 Å². The van der Waals surface area contributed by atoms with Gasteiger partial charge in [-0.1, -0.05) is 36.4 Å². The third-order valence-electron chi connectivity index (χ3n) is 3.38. The molecular weight excluding hydrogens is 252 g/mol. The summed E-state index contributed by atoms with van der Waals surface area (Å²) >= 11 is 0. The minimum atomic E-state index is -0.682. The number of methoxy groups -OCH3 is 1. The van der Waals surface area contributed by atoms with Gasteiger partial charge in [0.1, 0.15) is 23.2 Å². The number of hydrogen-bond donors (Lipinski definition) is 1. The molecule has 0 fully saturated rings. The molecule has 1 heterocycles. The Labute approximate surface area is 117 Å². The minimum Gasteiger partial charge on any atom is -0.496 e. The molecule has 102 valence electrons. The highest BCUT2D eigenvalue weighted by Crippen LogP contribution is 2.28. The fourth-order valence-electron chi connectivity index (χ4n) is 2.35. The van der Waals surface area contributed by atoms with Gasteiger partial charge in [0.05, 0.1) is 7.11 Å². The molecule has 1 N–H and O–H groups in total. The van der Waals surface area contributed by atoms with Gasteiger partial charge in [0.15, 0.2) is 0 Å². The molecule has 3 aromatic rings. The molecule has 3 nitrogen and oxygen atoms in total. The Morgan fingerprint density at radius 1 is 1.10 bits per heavy atom. The average Bonchev–Trinajstić information content (AvgIpc) is 2.92. The van der Waals surface area contributed by atoms with Crippen LogP contribution in [0.1, 0.15) is 17.4 Å². The second kappa shape index (κ2) is 5.39. The summed E-state index contributed by atoms with van der Waals surface area (Å²) in [5.41, 5.74) is 1.75. The molecule has 0 radical (unpaired) electrons. The zero-order valence-electron chi connectivity index (χ0n) is 11.2. The molecule has 3 heteroatoms. The van der Waals surface area contributed by atoms with Crippen molar-refractivity contribution < 1.29 is 14.3 Å². The number of furan rings is 1. The molecule has 0 saturated carbocycles. The lowest BCUT2D eigenvalue weighted by molar-refractivity contribution is 0.151. The highest BCUT2D eigenvalue weighted by Gasteiger charge is 2.15. The maximum Gasteiger partial charge on any atom is 0.134 e. The number of aliphatic hydroxyl groups is 1. The van der Waals surface area contributed by atoms with Crippen LogP contribution in [0.25, 0.3) is 11.0 Å². The summed E-state index contributed by atoms with van der Waals surface area (Å²) in [6.45, 7) is 0. The van der Waals surface area contributed by atoms with Crippen molar-refractivity contribution in [1.82, 2.24) is 0 Å². The summed E-state index contributed by atoms with van der Waals surface area (Å²) in [4.78, 5) is 0. The molecule has 20 heavy (non-hydrogen) atoms. The van der Waals surface area contributed by atoms with E-state index in [4.69, 9.17) is 9.15 Å². The first-order valence-corrected chi connectivity index (χ1v) is 6.56. The lowest BCUT2D eigenvalue weighted by atomic mass is 10.1. The van der Waals surface area contributed by atoms with Crippen LogP contribution in [0.4, 0.5) is 0 Å². The highest BCUT2D eigenvalue weighted by atomic mass is 16.5. The van der Waals surface area contributed by atoms with Gasteiger partial charge >= 0.3 is 0 Å². The van der Waals surface area contributed by atoms with Gasteiger partial charge in [-0.05, 0) is 23.8 Å². The van der Waals surface area contributed by atoms with Crippen molar-refractivity contribution in [2.24, 2.45) is 0 Å². The van der Waals surface area contributed by atoms with Crippen LogP contribution in [0.5, 0.6) is 5.75 Å². The fourth-order valence-corrected chi connectivity index (χ4v) is 2.35. The molecule has 2 aromatic carbocycles. The SMILES string of the molecule is COc1ccccc1CC(O)c1cc2ccccc2o1. The molecule has 0 aliphatic heterocycles. The van der Waals surface area contributed by atoms with Gasteiger partial charge in [-0.3, -0.25) is 0 Å². The molecule has 1 aromatic heterocycles. The quantitative estimate of drug-likeness (QED) is 0.784. The molecular formula is C17H16O3. The standard InChI is InChI=1S/C17H16O3/c1-19-15-8-4-2-6-12(15)10-14(18)17-11-13-7-3-5-9-16(13)20-17/h2-9,11,14,18H,10H2,1H3. The maximum absolute atomic E-state index is 10.3. The molecule has 1 atom stereocenters. The van der Waals surface area contributed by atoms with Crippen LogP contribution in [0.2, 0.25) is 0 Å². The Morgan fingerprint density at radius 3 is 2.65 bits per heavy atom. The van der Waals surface area contributed by atoms with Gasteiger partial charge in [0, 0.05) is 11.8 Å². The largest absolute Gasteiger partial charge is 0.496 e. The van der Waals surface area contributed by atoms with Gasteiger partial charge in [-0.2, -0.15) is 0 Å². The third kappa shape index (κ3) is 2.40. The number of fused-ring (bicyclic) bond motifs is 1. The average molecular weight is 268 g/mol. The first-order chi connectivity index (χ1) is 9.78. The topological polar surface area (TPSA) is 42.6 Å². The summed E-state index contributed by atoms with van der Waals surface area (Å²) in [7, 11) is 1.63. The summed E-state index contributed by atoms with van der Waals surface area (Å²) in [5.74, 6) is 1.36. The van der Waals surface area contributed by atoms with Crippen molar-refractivity contribution >= 4 is 11.0 Å². The van der Waals surface area contributed by atoms with Crippen LogP contribution in [-0.2, 0) is 6.42 Å². The van der Waals surface area contributed by atoms with Crippen molar-refractivity contribution in [3.05, 3.63) is 65.9 Å². The number of hydrogen-bond acceptors (Lipinski definition) is 3. The number of benzene rings is 2. The van der Waals surface area contributed by atoms with Crippen molar-refractivity contribution in [3.8, 4) is 5.75 Å². The Morgan fingerprint density at radius 2 is 1.85 bits per heavy atom. The fraction of sp³-hybridized carbons (Fsp3) is 0.176. The van der Waals surface area contributed by atoms with E-state index in [0.29, 0.717) is 12.2 Å². The summed E-state index contributed by atoms with van der Waals surface area (Å²) in [5, 5.41) is 11.3. The zero-order chi connectivity index (χ0) is 13.9. The summed E-state index contributed by atoms with van der Waals surface area (Å²) in [6, 6.07) is 17.3. The number of para-hydroxylation sites is 2. The summed E-state index contributed by atoms with van der Waals surface area (Å²) in [6.07, 6.45) is -0.220. The van der Waals surface area contributed by atoms with E-state index in [2.05, 4.69) is 0 Å². The lowest BCUT2D eigenvalue weighted by Gasteiger charge is -2.11. The smallest absolute Gasteiger partial charge is 0.134 e. The van der Waals surface area contributed by atoms with E-state index in [9.17, 15) is 5.11 Å². The van der Waals surface area contributed by atoms with Crippen LogP contribution in [0, 0.1) is 0 Å². The highest BCUT2D eigenvalue weighted by molar-refractivity contribution is 5.77. The number of ether oxygens (including phenoxy) is 1. The Balaban J connectivity index is 1.87. The molecule has 0 bridgehead atoms. The molecule has 0 aliphatic rings. The predicted molar refractivity (Wildman–Crippen MR) is 77.9 cm³/mol. The summed E-state index contributed by atoms with van der Waals surface area (Å²) < 4.78 is 11.0. The lowest BCUT2D eigenvalue weighted by Crippen LogP contribution is -2.02. The van der Waals surface area contributed by atoms with E-state index in [1.54, 1.807) is 7.11 Å². The number of rotatable bonds is 4. The van der Waals surface area contributed by atoms with Crippen LogP contribution in [0.3, 0.4) is 0 Å². The van der Waals surface area contributed by atoms with Gasteiger partial charge < -0.3 is 14.3 Å².